The summed E-state index contributed by atoms with van der Waals surface area (Å²) in [4.78, 5) is 15.8. The molecule has 0 aliphatic rings. The number of carbonyl (C=O) groups is 1. The van der Waals surface area contributed by atoms with E-state index in [9.17, 15) is 4.79 Å². The number of amides is 1. The molecule has 4 nitrogen and oxygen atoms in total. The number of anilines is 1. The maximum absolute atomic E-state index is 12.4. The number of aromatic amines is 1. The second-order valence-corrected chi connectivity index (χ2v) is 6.26. The lowest BCUT2D eigenvalue weighted by Gasteiger charge is -2.07. The lowest BCUT2D eigenvalue weighted by atomic mass is 10.1. The molecule has 1 heterocycles. The molecule has 4 heteroatoms. The van der Waals surface area contributed by atoms with Gasteiger partial charge in [0.25, 0.3) is 5.91 Å². The molecule has 0 aliphatic heterocycles. The maximum Gasteiger partial charge on any atom is 0.255 e. The molecule has 4 aromatic rings. The van der Waals surface area contributed by atoms with Crippen LogP contribution in [0.5, 0.6) is 5.75 Å². The van der Waals surface area contributed by atoms with Gasteiger partial charge in [0, 0.05) is 27.8 Å². The van der Waals surface area contributed by atoms with E-state index in [1.54, 1.807) is 24.3 Å². The molecule has 27 heavy (non-hydrogen) atoms. The highest BCUT2D eigenvalue weighted by atomic mass is 16.5. The third-order valence-electron chi connectivity index (χ3n) is 4.41. The summed E-state index contributed by atoms with van der Waals surface area (Å²) < 4.78 is 5.40. The van der Waals surface area contributed by atoms with Crippen LogP contribution < -0.4 is 10.1 Å². The van der Waals surface area contributed by atoms with Crippen LogP contribution in [0, 0.1) is 0 Å². The van der Waals surface area contributed by atoms with E-state index in [4.69, 9.17) is 4.74 Å². The van der Waals surface area contributed by atoms with Crippen LogP contribution in [0.15, 0.2) is 78.9 Å². The monoisotopic (exact) mass is 356 g/mol. The molecule has 3 aromatic carbocycles. The van der Waals surface area contributed by atoms with Gasteiger partial charge in [0.2, 0.25) is 0 Å². The SMILES string of the molecule is CCOc1ccc(C(=O)Nc2ccc(-c3cc4ccccc4[nH]3)cc2)cc1. The zero-order valence-electron chi connectivity index (χ0n) is 15.0. The van der Waals surface area contributed by atoms with Crippen molar-refractivity contribution in [3.05, 3.63) is 84.4 Å². The Morgan fingerprint density at radius 1 is 0.963 bits per heavy atom. The number of ether oxygens (including phenoxy) is 1. The van der Waals surface area contributed by atoms with Gasteiger partial charge in [0.1, 0.15) is 5.75 Å². The molecule has 0 atom stereocenters. The predicted octanol–water partition coefficient (Wildman–Crippen LogP) is 5.49. The van der Waals surface area contributed by atoms with Crippen molar-refractivity contribution in [2.45, 2.75) is 6.92 Å². The fraction of sp³-hybridized carbons (Fsp3) is 0.0870. The molecule has 0 aliphatic carbocycles. The van der Waals surface area contributed by atoms with Crippen LogP contribution in [0.2, 0.25) is 0 Å². The first-order valence-corrected chi connectivity index (χ1v) is 8.95. The Hall–Kier alpha value is -3.53. The summed E-state index contributed by atoms with van der Waals surface area (Å²) in [6.45, 7) is 2.54. The zero-order chi connectivity index (χ0) is 18.6. The van der Waals surface area contributed by atoms with Gasteiger partial charge in [-0.3, -0.25) is 4.79 Å². The third kappa shape index (κ3) is 3.70. The van der Waals surface area contributed by atoms with Gasteiger partial charge >= 0.3 is 0 Å². The number of para-hydroxylation sites is 1. The van der Waals surface area contributed by atoms with E-state index >= 15 is 0 Å². The molecule has 0 unspecified atom stereocenters. The van der Waals surface area contributed by atoms with Gasteiger partial charge in [-0.05, 0) is 61.0 Å². The van der Waals surface area contributed by atoms with E-state index in [0.29, 0.717) is 12.2 Å². The highest BCUT2D eigenvalue weighted by Gasteiger charge is 2.07. The normalized spacial score (nSPS) is 10.7. The molecule has 4 rings (SSSR count). The largest absolute Gasteiger partial charge is 0.494 e. The van der Waals surface area contributed by atoms with Crippen LogP contribution >= 0.6 is 0 Å². The molecule has 0 radical (unpaired) electrons. The second kappa shape index (κ2) is 7.38. The number of rotatable bonds is 5. The van der Waals surface area contributed by atoms with Gasteiger partial charge in [-0.2, -0.15) is 0 Å². The quantitative estimate of drug-likeness (QED) is 0.497. The van der Waals surface area contributed by atoms with E-state index in [1.165, 1.54) is 5.39 Å². The Balaban J connectivity index is 1.47. The third-order valence-corrected chi connectivity index (χ3v) is 4.41. The van der Waals surface area contributed by atoms with E-state index < -0.39 is 0 Å². The summed E-state index contributed by atoms with van der Waals surface area (Å²) >= 11 is 0. The number of hydrogen-bond donors (Lipinski definition) is 2. The van der Waals surface area contributed by atoms with Crippen LogP contribution in [-0.4, -0.2) is 17.5 Å². The first kappa shape index (κ1) is 16.9. The van der Waals surface area contributed by atoms with E-state index in [0.717, 1.165) is 28.2 Å². The van der Waals surface area contributed by atoms with Crippen molar-refractivity contribution >= 4 is 22.5 Å². The lowest BCUT2D eigenvalue weighted by Crippen LogP contribution is -2.11. The topological polar surface area (TPSA) is 54.1 Å². The van der Waals surface area contributed by atoms with Crippen LogP contribution in [0.25, 0.3) is 22.2 Å². The molecular weight excluding hydrogens is 336 g/mol. The molecule has 0 fully saturated rings. The number of nitrogens with one attached hydrogen (secondary N) is 2. The molecule has 2 N–H and O–H groups in total. The summed E-state index contributed by atoms with van der Waals surface area (Å²) in [5.41, 5.74) is 4.60. The summed E-state index contributed by atoms with van der Waals surface area (Å²) in [5, 5.41) is 4.11. The Bertz CT molecular complexity index is 1030. The molecule has 134 valence electrons. The highest BCUT2D eigenvalue weighted by molar-refractivity contribution is 6.04. The molecule has 0 bridgehead atoms. The summed E-state index contributed by atoms with van der Waals surface area (Å²) in [6.07, 6.45) is 0. The van der Waals surface area contributed by atoms with Crippen molar-refractivity contribution in [2.75, 3.05) is 11.9 Å². The number of benzene rings is 3. The van der Waals surface area contributed by atoms with Crippen molar-refractivity contribution in [3.8, 4) is 17.0 Å². The predicted molar refractivity (Wildman–Crippen MR) is 109 cm³/mol. The van der Waals surface area contributed by atoms with Crippen molar-refractivity contribution in [2.24, 2.45) is 0 Å². The van der Waals surface area contributed by atoms with Crippen LogP contribution in [0.3, 0.4) is 0 Å². The Morgan fingerprint density at radius 3 is 2.41 bits per heavy atom. The Morgan fingerprint density at radius 2 is 1.70 bits per heavy atom. The van der Waals surface area contributed by atoms with Crippen LogP contribution in [0.4, 0.5) is 5.69 Å². The number of aromatic nitrogens is 1. The first-order valence-electron chi connectivity index (χ1n) is 8.95. The fourth-order valence-electron chi connectivity index (χ4n) is 3.03. The van der Waals surface area contributed by atoms with Crippen molar-refractivity contribution < 1.29 is 9.53 Å². The molecule has 0 saturated carbocycles. The standard InChI is InChI=1S/C23H20N2O2/c1-2-27-20-13-9-17(10-14-20)23(26)24-19-11-7-16(8-12-19)22-15-18-5-3-4-6-21(18)25-22/h3-15,25H,2H2,1H3,(H,24,26). The van der Waals surface area contributed by atoms with Gasteiger partial charge in [-0.1, -0.05) is 30.3 Å². The van der Waals surface area contributed by atoms with Crippen LogP contribution in [-0.2, 0) is 0 Å². The number of carbonyl (C=O) groups excluding carboxylic acids is 1. The van der Waals surface area contributed by atoms with E-state index in [1.807, 2.05) is 43.3 Å². The highest BCUT2D eigenvalue weighted by Crippen LogP contribution is 2.25. The van der Waals surface area contributed by atoms with Gasteiger partial charge in [0.05, 0.1) is 6.61 Å². The average Bonchev–Trinajstić information content (AvgIpc) is 3.13. The zero-order valence-corrected chi connectivity index (χ0v) is 15.0. The minimum Gasteiger partial charge on any atom is -0.494 e. The minimum atomic E-state index is -0.142. The lowest BCUT2D eigenvalue weighted by molar-refractivity contribution is 0.102. The van der Waals surface area contributed by atoms with Crippen molar-refractivity contribution in [3.63, 3.8) is 0 Å². The van der Waals surface area contributed by atoms with Gasteiger partial charge in [0.15, 0.2) is 0 Å². The maximum atomic E-state index is 12.4. The summed E-state index contributed by atoms with van der Waals surface area (Å²) in [7, 11) is 0. The van der Waals surface area contributed by atoms with Crippen molar-refractivity contribution in [1.29, 1.82) is 0 Å². The van der Waals surface area contributed by atoms with Gasteiger partial charge in [-0.25, -0.2) is 0 Å². The van der Waals surface area contributed by atoms with E-state index in [-0.39, 0.29) is 5.91 Å². The van der Waals surface area contributed by atoms with Gasteiger partial charge < -0.3 is 15.0 Å². The molecule has 1 aromatic heterocycles. The smallest absolute Gasteiger partial charge is 0.255 e. The number of H-pyrrole nitrogens is 1. The summed E-state index contributed by atoms with van der Waals surface area (Å²) in [5.74, 6) is 0.619. The molecule has 1 amide bonds. The first-order chi connectivity index (χ1) is 13.2. The minimum absolute atomic E-state index is 0.142. The molecular formula is C23H20N2O2. The Labute approximate surface area is 157 Å². The van der Waals surface area contributed by atoms with Gasteiger partial charge in [-0.15, -0.1) is 0 Å². The number of fused-ring (bicyclic) bond motifs is 1. The fourth-order valence-corrected chi connectivity index (χ4v) is 3.03. The molecule has 0 spiro atoms. The van der Waals surface area contributed by atoms with Crippen LogP contribution in [0.1, 0.15) is 17.3 Å². The second-order valence-electron chi connectivity index (χ2n) is 6.26. The summed E-state index contributed by atoms with van der Waals surface area (Å²) in [6, 6.07) is 25.3. The Kier molecular flexibility index (Phi) is 4.62. The van der Waals surface area contributed by atoms with E-state index in [2.05, 4.69) is 28.5 Å². The van der Waals surface area contributed by atoms with Crippen molar-refractivity contribution in [1.82, 2.24) is 4.98 Å². The number of hydrogen-bond acceptors (Lipinski definition) is 2. The molecule has 0 saturated heterocycles. The average molecular weight is 356 g/mol.